The monoisotopic (exact) mass is 454 g/mol. The number of anilines is 2. The first-order valence-electron chi connectivity index (χ1n) is 11.8. The summed E-state index contributed by atoms with van der Waals surface area (Å²) in [4.78, 5) is 26.6. The molecule has 2 aliphatic rings. The van der Waals surface area contributed by atoms with Crippen molar-refractivity contribution in [1.82, 2.24) is 9.78 Å². The van der Waals surface area contributed by atoms with Gasteiger partial charge in [-0.2, -0.15) is 5.10 Å². The van der Waals surface area contributed by atoms with Crippen LogP contribution in [0.5, 0.6) is 0 Å². The summed E-state index contributed by atoms with van der Waals surface area (Å²) >= 11 is 0. The Labute approximate surface area is 200 Å². The summed E-state index contributed by atoms with van der Waals surface area (Å²) in [6, 6.07) is 15.7. The van der Waals surface area contributed by atoms with E-state index in [0.717, 1.165) is 40.9 Å². The predicted molar refractivity (Wildman–Crippen MR) is 134 cm³/mol. The first-order valence-corrected chi connectivity index (χ1v) is 11.8. The maximum Gasteiger partial charge on any atom is 0.261 e. The molecule has 0 bridgehead atoms. The molecule has 1 atom stereocenters. The number of fused-ring (bicyclic) bond motifs is 1. The molecule has 2 heterocycles. The molecule has 0 radical (unpaired) electrons. The lowest BCUT2D eigenvalue weighted by molar-refractivity contribution is -0.118. The van der Waals surface area contributed by atoms with Gasteiger partial charge < -0.3 is 10.6 Å². The van der Waals surface area contributed by atoms with Crippen LogP contribution in [0, 0.1) is 12.3 Å². The van der Waals surface area contributed by atoms with Crippen LogP contribution in [0.25, 0.3) is 0 Å². The number of aromatic nitrogens is 2. The second kappa shape index (κ2) is 8.28. The van der Waals surface area contributed by atoms with Crippen LogP contribution in [0.3, 0.4) is 0 Å². The fourth-order valence-electron chi connectivity index (χ4n) is 4.96. The number of benzene rings is 2. The first-order chi connectivity index (χ1) is 16.3. The maximum absolute atomic E-state index is 13.3. The van der Waals surface area contributed by atoms with Gasteiger partial charge in [0, 0.05) is 23.4 Å². The fraction of sp³-hybridized carbons (Fsp3) is 0.321. The zero-order valence-corrected chi connectivity index (χ0v) is 20.1. The molecule has 0 unspecified atom stereocenters. The number of nitrogens with zero attached hydrogens (tertiary/aromatic N) is 2. The van der Waals surface area contributed by atoms with Crippen molar-refractivity contribution in [1.29, 1.82) is 0 Å². The fourth-order valence-corrected chi connectivity index (χ4v) is 4.96. The zero-order valence-electron chi connectivity index (χ0n) is 20.1. The van der Waals surface area contributed by atoms with Crippen LogP contribution in [-0.4, -0.2) is 21.5 Å². The lowest BCUT2D eigenvalue weighted by Gasteiger charge is -2.39. The number of nitrogens with one attached hydrogen (secondary N) is 2. The Balaban J connectivity index is 1.56. The van der Waals surface area contributed by atoms with Gasteiger partial charge in [0.1, 0.15) is 17.4 Å². The Morgan fingerprint density at radius 1 is 1.12 bits per heavy atom. The molecular formula is C28H30N4O2. The first kappa shape index (κ1) is 22.1. The van der Waals surface area contributed by atoms with E-state index < -0.39 is 0 Å². The Kier molecular flexibility index (Phi) is 5.39. The van der Waals surface area contributed by atoms with Gasteiger partial charge in [0.15, 0.2) is 5.78 Å². The number of aryl methyl sites for hydroxylation is 2. The number of hydrogen-bond donors (Lipinski definition) is 2. The van der Waals surface area contributed by atoms with Crippen molar-refractivity contribution in [3.63, 3.8) is 0 Å². The molecule has 1 amide bonds. The van der Waals surface area contributed by atoms with E-state index in [4.69, 9.17) is 0 Å². The average molecular weight is 455 g/mol. The molecule has 6 nitrogen and oxygen atoms in total. The Morgan fingerprint density at radius 3 is 2.50 bits per heavy atom. The van der Waals surface area contributed by atoms with Crippen LogP contribution in [0.1, 0.15) is 66.7 Å². The van der Waals surface area contributed by atoms with Crippen molar-refractivity contribution in [3.05, 3.63) is 88.3 Å². The molecule has 6 heteroatoms. The largest absolute Gasteiger partial charge is 0.343 e. The molecule has 2 N–H and O–H groups in total. The maximum atomic E-state index is 13.3. The molecule has 1 aliphatic carbocycles. The van der Waals surface area contributed by atoms with Crippen molar-refractivity contribution in [2.24, 2.45) is 5.41 Å². The number of Topliss-reactive ketones (excluding diaryl/α,β-unsaturated/α-hetero) is 1. The molecule has 1 aliphatic heterocycles. The van der Waals surface area contributed by atoms with Crippen molar-refractivity contribution in [3.8, 4) is 0 Å². The number of carbonyl (C=O) groups is 2. The van der Waals surface area contributed by atoms with Crippen LogP contribution in [0.2, 0.25) is 0 Å². The van der Waals surface area contributed by atoms with Gasteiger partial charge in [0.05, 0.1) is 6.20 Å². The van der Waals surface area contributed by atoms with E-state index >= 15 is 0 Å². The second-order valence-electron chi connectivity index (χ2n) is 10.1. The Bertz CT molecular complexity index is 1300. The molecule has 5 rings (SSSR count). The van der Waals surface area contributed by atoms with E-state index in [1.807, 2.05) is 55.5 Å². The molecule has 1 aromatic heterocycles. The average Bonchev–Trinajstić information content (AvgIpc) is 3.22. The third-order valence-corrected chi connectivity index (χ3v) is 6.76. The van der Waals surface area contributed by atoms with E-state index in [2.05, 4.69) is 36.5 Å². The van der Waals surface area contributed by atoms with Crippen molar-refractivity contribution in [2.45, 2.75) is 53.0 Å². The third-order valence-electron chi connectivity index (χ3n) is 6.76. The summed E-state index contributed by atoms with van der Waals surface area (Å²) in [5, 5.41) is 11.0. The standard InChI is InChI=1S/C28H30N4O2/c1-5-18-8-12-20(13-9-18)30-27(34)21-16-29-32-25(19-10-6-17(2)7-11-19)24-22(31-26(21)32)14-28(3,4)15-23(24)33/h6-13,16,25,31H,5,14-15H2,1-4H3,(H,30,34)/t25-/m0/s1. The van der Waals surface area contributed by atoms with Gasteiger partial charge in [0.2, 0.25) is 0 Å². The predicted octanol–water partition coefficient (Wildman–Crippen LogP) is 5.66. The number of hydrogen-bond acceptors (Lipinski definition) is 4. The quantitative estimate of drug-likeness (QED) is 0.533. The molecule has 0 saturated heterocycles. The molecule has 0 spiro atoms. The van der Waals surface area contributed by atoms with Crippen molar-refractivity contribution < 1.29 is 9.59 Å². The molecule has 34 heavy (non-hydrogen) atoms. The van der Waals surface area contributed by atoms with E-state index in [9.17, 15) is 9.59 Å². The summed E-state index contributed by atoms with van der Waals surface area (Å²) < 4.78 is 1.79. The Morgan fingerprint density at radius 2 is 1.82 bits per heavy atom. The van der Waals surface area contributed by atoms with Gasteiger partial charge in [-0.15, -0.1) is 0 Å². The van der Waals surface area contributed by atoms with Gasteiger partial charge in [-0.1, -0.05) is 62.7 Å². The molecule has 0 fully saturated rings. The molecular weight excluding hydrogens is 424 g/mol. The van der Waals surface area contributed by atoms with Crippen LogP contribution >= 0.6 is 0 Å². The zero-order chi connectivity index (χ0) is 24.0. The van der Waals surface area contributed by atoms with E-state index in [1.165, 1.54) is 5.56 Å². The molecule has 3 aromatic rings. The minimum Gasteiger partial charge on any atom is -0.343 e. The van der Waals surface area contributed by atoms with Gasteiger partial charge in [-0.05, 0) is 48.4 Å². The minimum atomic E-state index is -0.360. The summed E-state index contributed by atoms with van der Waals surface area (Å²) in [5.74, 6) is 0.524. The summed E-state index contributed by atoms with van der Waals surface area (Å²) in [7, 11) is 0. The van der Waals surface area contributed by atoms with E-state index in [0.29, 0.717) is 17.8 Å². The van der Waals surface area contributed by atoms with Gasteiger partial charge >= 0.3 is 0 Å². The number of amides is 1. The minimum absolute atomic E-state index is 0.132. The topological polar surface area (TPSA) is 76.0 Å². The lowest BCUT2D eigenvalue weighted by Crippen LogP contribution is -2.37. The second-order valence-corrected chi connectivity index (χ2v) is 10.1. The van der Waals surface area contributed by atoms with Gasteiger partial charge in [-0.25, -0.2) is 4.68 Å². The highest BCUT2D eigenvalue weighted by Crippen LogP contribution is 2.46. The third kappa shape index (κ3) is 3.94. The summed E-state index contributed by atoms with van der Waals surface area (Å²) in [6.07, 6.45) is 3.77. The molecule has 174 valence electrons. The Hall–Kier alpha value is -3.67. The lowest BCUT2D eigenvalue weighted by atomic mass is 9.73. The molecule has 2 aromatic carbocycles. The van der Waals surface area contributed by atoms with Crippen LogP contribution < -0.4 is 10.6 Å². The van der Waals surface area contributed by atoms with Gasteiger partial charge in [0.25, 0.3) is 5.91 Å². The van der Waals surface area contributed by atoms with Gasteiger partial charge in [-0.3, -0.25) is 9.59 Å². The highest BCUT2D eigenvalue weighted by atomic mass is 16.1. The molecule has 0 saturated carbocycles. The van der Waals surface area contributed by atoms with Crippen molar-refractivity contribution >= 4 is 23.2 Å². The normalized spacial score (nSPS) is 18.7. The number of rotatable bonds is 4. The van der Waals surface area contributed by atoms with Crippen LogP contribution in [-0.2, 0) is 11.2 Å². The van der Waals surface area contributed by atoms with Crippen LogP contribution in [0.4, 0.5) is 11.5 Å². The number of allylic oxidation sites excluding steroid dienone is 2. The SMILES string of the molecule is CCc1ccc(NC(=O)c2cnn3c2NC2=C(C(=O)CC(C)(C)C2)[C@@H]3c2ccc(C)cc2)cc1. The highest BCUT2D eigenvalue weighted by Gasteiger charge is 2.42. The van der Waals surface area contributed by atoms with E-state index in [1.54, 1.807) is 10.9 Å². The van der Waals surface area contributed by atoms with Crippen molar-refractivity contribution in [2.75, 3.05) is 10.6 Å². The highest BCUT2D eigenvalue weighted by molar-refractivity contribution is 6.08. The smallest absolute Gasteiger partial charge is 0.261 e. The summed E-state index contributed by atoms with van der Waals surface area (Å²) in [6.45, 7) is 8.36. The number of carbonyl (C=O) groups excluding carboxylic acids is 2. The summed E-state index contributed by atoms with van der Waals surface area (Å²) in [5.41, 5.74) is 6.04. The van der Waals surface area contributed by atoms with E-state index in [-0.39, 0.29) is 23.1 Å². The number of ketones is 1. The van der Waals surface area contributed by atoms with Crippen LogP contribution in [0.15, 0.2) is 66.0 Å².